The van der Waals surface area contributed by atoms with Gasteiger partial charge in [0.1, 0.15) is 67.4 Å². The first-order valence-electron chi connectivity index (χ1n) is 19.3. The quantitative estimate of drug-likeness (QED) is 0.0249. The summed E-state index contributed by atoms with van der Waals surface area (Å²) in [5.74, 6) is -9.19. The van der Waals surface area contributed by atoms with Gasteiger partial charge in [-0.3, -0.25) is 4.55 Å². The topological polar surface area (TPSA) is 162 Å². The largest absolute Gasteiger partial charge is 0.513 e. The summed E-state index contributed by atoms with van der Waals surface area (Å²) in [4.78, 5) is 21.5. The summed E-state index contributed by atoms with van der Waals surface area (Å²) in [6, 6.07) is 27.2. The fraction of sp³-hybridized carbons (Fsp3) is 0.261. The zero-order valence-electron chi connectivity index (χ0n) is 35.4. The molecule has 0 saturated heterocycles. The molecule has 0 amide bonds. The Labute approximate surface area is 366 Å². The van der Waals surface area contributed by atoms with Crippen LogP contribution in [-0.4, -0.2) is 62.9 Å². The summed E-state index contributed by atoms with van der Waals surface area (Å²) in [7, 11) is -5.62. The number of carbonyl (C=O) groups excluding carboxylic acids is 2. The molecular formula is C46H44F4O13S. The highest BCUT2D eigenvalue weighted by Crippen LogP contribution is 2.36. The Balaban J connectivity index is 1.31. The van der Waals surface area contributed by atoms with Gasteiger partial charge in [0.2, 0.25) is 11.6 Å². The second kappa shape index (κ2) is 20.6. The van der Waals surface area contributed by atoms with Crippen LogP contribution in [0.2, 0.25) is 0 Å². The summed E-state index contributed by atoms with van der Waals surface area (Å²) >= 11 is 0. The Bertz CT molecular complexity index is 2540. The van der Waals surface area contributed by atoms with Gasteiger partial charge in [0.05, 0.1) is 0 Å². The van der Waals surface area contributed by atoms with Gasteiger partial charge in [-0.25, -0.2) is 18.4 Å². The lowest BCUT2D eigenvalue weighted by Gasteiger charge is -2.18. The zero-order valence-corrected chi connectivity index (χ0v) is 36.2. The van der Waals surface area contributed by atoms with Crippen molar-refractivity contribution in [2.75, 3.05) is 26.4 Å². The number of ether oxygens (including phenoxy) is 8. The second-order valence-electron chi connectivity index (χ2n) is 15.6. The Hall–Kier alpha value is -6.79. The number of hydrogen-bond acceptors (Lipinski definition) is 12. The molecular weight excluding hydrogens is 869 g/mol. The molecule has 0 unspecified atom stereocenters. The van der Waals surface area contributed by atoms with Crippen LogP contribution in [0.3, 0.4) is 0 Å². The first-order chi connectivity index (χ1) is 30.1. The molecule has 5 rings (SSSR count). The van der Waals surface area contributed by atoms with Crippen LogP contribution in [0.5, 0.6) is 23.0 Å². The Morgan fingerprint density at radius 2 is 0.922 bits per heavy atom. The monoisotopic (exact) mass is 912 g/mol. The molecule has 1 N–H and O–H groups in total. The van der Waals surface area contributed by atoms with Crippen LogP contribution >= 0.6 is 0 Å². The molecule has 0 radical (unpaired) electrons. The fourth-order valence-corrected chi connectivity index (χ4v) is 6.25. The molecule has 0 saturated carbocycles. The smallest absolute Gasteiger partial charge is 0.490 e. The minimum atomic E-state index is -5.62. The molecule has 5 aromatic carbocycles. The average molecular weight is 913 g/mol. The molecule has 0 spiro atoms. The van der Waals surface area contributed by atoms with Crippen molar-refractivity contribution in [2.24, 2.45) is 0 Å². The molecule has 0 bridgehead atoms. The molecule has 340 valence electrons. The highest BCUT2D eigenvalue weighted by atomic mass is 32.2. The average Bonchev–Trinajstić information content (AvgIpc) is 3.22. The van der Waals surface area contributed by atoms with Crippen LogP contribution in [0.1, 0.15) is 41.5 Å². The molecule has 18 heteroatoms. The van der Waals surface area contributed by atoms with Gasteiger partial charge in [0.25, 0.3) is 0 Å². The van der Waals surface area contributed by atoms with Gasteiger partial charge in [-0.2, -0.15) is 17.2 Å². The number of rotatable bonds is 16. The summed E-state index contributed by atoms with van der Waals surface area (Å²) in [5.41, 5.74) is 3.50. The van der Waals surface area contributed by atoms with E-state index in [1.807, 2.05) is 42.5 Å². The lowest BCUT2D eigenvalue weighted by atomic mass is 9.93. The van der Waals surface area contributed by atoms with Gasteiger partial charge in [0, 0.05) is 0 Å². The van der Waals surface area contributed by atoms with Crippen molar-refractivity contribution >= 4 is 22.4 Å². The van der Waals surface area contributed by atoms with E-state index in [0.29, 0.717) is 17.2 Å². The third-order valence-electron chi connectivity index (χ3n) is 8.31. The third-order valence-corrected chi connectivity index (χ3v) is 9.18. The molecule has 0 aromatic heterocycles. The van der Waals surface area contributed by atoms with E-state index < -0.39 is 74.2 Å². The van der Waals surface area contributed by atoms with Crippen molar-refractivity contribution in [3.63, 3.8) is 0 Å². The molecule has 0 fully saturated rings. The predicted molar refractivity (Wildman–Crippen MR) is 225 cm³/mol. The number of halogens is 4. The molecule has 0 atom stereocenters. The van der Waals surface area contributed by atoms with E-state index in [0.717, 1.165) is 39.6 Å². The maximum Gasteiger partial charge on any atom is 0.513 e. The fourth-order valence-electron chi connectivity index (χ4n) is 5.62. The van der Waals surface area contributed by atoms with E-state index in [1.165, 1.54) is 6.26 Å². The van der Waals surface area contributed by atoms with E-state index in [2.05, 4.69) is 0 Å². The molecule has 0 aliphatic heterocycles. The van der Waals surface area contributed by atoms with Gasteiger partial charge < -0.3 is 37.9 Å². The van der Waals surface area contributed by atoms with Gasteiger partial charge in [-0.15, -0.1) is 0 Å². The minimum absolute atomic E-state index is 0.0154. The summed E-state index contributed by atoms with van der Waals surface area (Å²) < 4.78 is 130. The maximum absolute atomic E-state index is 14.4. The third kappa shape index (κ3) is 13.9. The van der Waals surface area contributed by atoms with Gasteiger partial charge >= 0.3 is 22.4 Å². The van der Waals surface area contributed by atoms with Crippen LogP contribution in [-0.2, 0) is 29.1 Å². The van der Waals surface area contributed by atoms with Crippen LogP contribution < -0.4 is 18.9 Å². The van der Waals surface area contributed by atoms with E-state index >= 15 is 0 Å². The van der Waals surface area contributed by atoms with Crippen molar-refractivity contribution in [3.05, 3.63) is 127 Å². The highest BCUT2D eigenvalue weighted by molar-refractivity contribution is 7.85. The maximum atomic E-state index is 14.4. The van der Waals surface area contributed by atoms with E-state index in [-0.39, 0.29) is 19.8 Å². The SMILES string of the molecule is CC(C)(C)OC(=O)O/C=C\Oc1ccc(-c2cc(-c3ccc(OCCOC(=O)OC(C)(C)C)cc3)cc(-c3ccc(OCCOc4c(F)c(F)c(S(=O)(=O)O)c(F)c4F)cc3)c2)cc1. The van der Waals surface area contributed by atoms with Gasteiger partial charge in [-0.05, 0) is 130 Å². The number of carbonyl (C=O) groups is 2. The zero-order chi connectivity index (χ0) is 46.8. The molecule has 5 aromatic rings. The molecule has 13 nitrogen and oxygen atoms in total. The van der Waals surface area contributed by atoms with Crippen LogP contribution in [0, 0.1) is 23.3 Å². The van der Waals surface area contributed by atoms with Crippen molar-refractivity contribution in [2.45, 2.75) is 57.6 Å². The van der Waals surface area contributed by atoms with Crippen molar-refractivity contribution in [3.8, 4) is 56.4 Å². The Kier molecular flexibility index (Phi) is 15.5. The Morgan fingerprint density at radius 1 is 0.531 bits per heavy atom. The molecule has 0 heterocycles. The highest BCUT2D eigenvalue weighted by Gasteiger charge is 2.33. The van der Waals surface area contributed by atoms with Crippen molar-refractivity contribution < 1.29 is 78.0 Å². The summed E-state index contributed by atoms with van der Waals surface area (Å²) in [6.45, 7) is 9.46. The number of hydrogen-bond donors (Lipinski definition) is 1. The lowest BCUT2D eigenvalue weighted by Crippen LogP contribution is -2.25. The Morgan fingerprint density at radius 3 is 1.34 bits per heavy atom. The van der Waals surface area contributed by atoms with Crippen molar-refractivity contribution in [1.82, 2.24) is 0 Å². The standard InChI is InChI=1S/C46H44F4O13S/c1-45(2,3)62-43(51)60-23-20-57-35-15-9-29(10-16-35)32-25-31(26-33(27-32)30-11-17-36(18-12-30)58-21-24-61-44(52)63-46(4,5)6)28-7-13-34(14-8-28)56-19-22-59-41-37(47)39(49)42(64(53,54)55)40(50)38(41)48/h7-18,20,23,25-27H,19,21-22,24H2,1-6H3,(H,53,54,55)/b23-20-. The first-order valence-corrected chi connectivity index (χ1v) is 20.8. The summed E-state index contributed by atoms with van der Waals surface area (Å²) in [5, 5.41) is 0. The van der Waals surface area contributed by atoms with Crippen LogP contribution in [0.25, 0.3) is 33.4 Å². The van der Waals surface area contributed by atoms with E-state index in [1.54, 1.807) is 90.1 Å². The van der Waals surface area contributed by atoms with Gasteiger partial charge in [0.15, 0.2) is 22.3 Å². The van der Waals surface area contributed by atoms with E-state index in [9.17, 15) is 35.6 Å². The molecule has 64 heavy (non-hydrogen) atoms. The van der Waals surface area contributed by atoms with Gasteiger partial charge in [-0.1, -0.05) is 36.4 Å². The minimum Gasteiger partial charge on any atom is -0.490 e. The molecule has 0 aliphatic carbocycles. The van der Waals surface area contributed by atoms with Crippen LogP contribution in [0.15, 0.2) is 108 Å². The predicted octanol–water partition coefficient (Wildman–Crippen LogP) is 11.1. The second-order valence-corrected chi connectivity index (χ2v) is 17.0. The van der Waals surface area contributed by atoms with E-state index in [4.69, 9.17) is 42.4 Å². The molecule has 0 aliphatic rings. The van der Waals surface area contributed by atoms with Crippen LogP contribution in [0.4, 0.5) is 27.2 Å². The first kappa shape index (κ1) is 48.2. The van der Waals surface area contributed by atoms with Crippen molar-refractivity contribution in [1.29, 1.82) is 0 Å². The lowest BCUT2D eigenvalue weighted by molar-refractivity contribution is -0.0114. The number of benzene rings is 5. The normalized spacial score (nSPS) is 11.8. The summed E-state index contributed by atoms with van der Waals surface area (Å²) in [6.07, 6.45) is 0.601.